The van der Waals surface area contributed by atoms with Crippen molar-refractivity contribution >= 4 is 37.4 Å². The quantitative estimate of drug-likeness (QED) is 0.876. The Bertz CT molecular complexity index is 611. The van der Waals surface area contributed by atoms with Crippen LogP contribution >= 0.6 is 15.9 Å². The van der Waals surface area contributed by atoms with E-state index in [1.807, 2.05) is 6.07 Å². The van der Waals surface area contributed by atoms with Crippen LogP contribution in [0.4, 0.5) is 5.69 Å². The molecule has 1 saturated heterocycles. The lowest BCUT2D eigenvalue weighted by molar-refractivity contribution is -0.115. The van der Waals surface area contributed by atoms with E-state index in [2.05, 4.69) is 21.2 Å². The summed E-state index contributed by atoms with van der Waals surface area (Å²) < 4.78 is 30.9. The van der Waals surface area contributed by atoms with Crippen molar-refractivity contribution in [3.8, 4) is 0 Å². The summed E-state index contributed by atoms with van der Waals surface area (Å²) in [5, 5.41) is 1.09. The van der Waals surface area contributed by atoms with Gasteiger partial charge in [-0.15, -0.1) is 0 Å². The molecule has 7 heteroatoms. The van der Waals surface area contributed by atoms with Gasteiger partial charge in [-0.2, -0.15) is 0 Å². The highest BCUT2D eigenvalue weighted by Crippen LogP contribution is 2.22. The van der Waals surface area contributed by atoms with E-state index in [1.54, 1.807) is 18.2 Å². The van der Waals surface area contributed by atoms with Crippen LogP contribution in [-0.2, 0) is 19.4 Å². The largest absolute Gasteiger partial charge is 0.381 e. The summed E-state index contributed by atoms with van der Waals surface area (Å²) in [5.41, 5.74) is 0.573. The van der Waals surface area contributed by atoms with Gasteiger partial charge in [-0.3, -0.25) is 4.79 Å². The molecule has 1 amide bonds. The first-order valence-corrected chi connectivity index (χ1v) is 9.18. The van der Waals surface area contributed by atoms with E-state index >= 15 is 0 Å². The monoisotopic (exact) mass is 375 g/mol. The summed E-state index contributed by atoms with van der Waals surface area (Å²) in [4.78, 5) is 12.2. The molecule has 1 atom stereocenters. The van der Waals surface area contributed by atoms with Gasteiger partial charge in [0, 0.05) is 23.4 Å². The molecule has 1 aliphatic rings. The fraction of sp³-hybridized carbons (Fsp3) is 0.500. The van der Waals surface area contributed by atoms with Crippen molar-refractivity contribution in [3.63, 3.8) is 0 Å². The third-order valence-electron chi connectivity index (χ3n) is 3.59. The van der Waals surface area contributed by atoms with Gasteiger partial charge in [0.05, 0.1) is 5.25 Å². The van der Waals surface area contributed by atoms with E-state index < -0.39 is 26.2 Å². The number of halogens is 1. The van der Waals surface area contributed by atoms with Crippen LogP contribution in [0.5, 0.6) is 0 Å². The van der Waals surface area contributed by atoms with Crippen molar-refractivity contribution in [2.24, 2.45) is 0 Å². The first kappa shape index (κ1) is 16.5. The van der Waals surface area contributed by atoms with Crippen molar-refractivity contribution in [3.05, 3.63) is 28.7 Å². The number of carbonyl (C=O) groups excluding carboxylic acids is 1. The minimum absolute atomic E-state index is 0.434. The smallest absolute Gasteiger partial charge is 0.242 e. The molecule has 0 spiro atoms. The van der Waals surface area contributed by atoms with Crippen LogP contribution in [0.3, 0.4) is 0 Å². The molecule has 1 aromatic rings. The molecule has 0 radical (unpaired) electrons. The predicted molar refractivity (Wildman–Crippen MR) is 85.0 cm³/mol. The zero-order valence-corrected chi connectivity index (χ0v) is 14.1. The minimum Gasteiger partial charge on any atom is -0.381 e. The molecule has 21 heavy (non-hydrogen) atoms. The van der Waals surface area contributed by atoms with Crippen LogP contribution in [0.1, 0.15) is 19.8 Å². The van der Waals surface area contributed by atoms with E-state index in [0.717, 1.165) is 4.47 Å². The van der Waals surface area contributed by atoms with Gasteiger partial charge in [0.1, 0.15) is 5.25 Å². The number of carbonyl (C=O) groups is 1. The molecular formula is C14H18BrNO4S. The summed E-state index contributed by atoms with van der Waals surface area (Å²) in [7, 11) is -3.50. The van der Waals surface area contributed by atoms with Gasteiger partial charge in [-0.05, 0) is 38.0 Å². The number of benzene rings is 1. The van der Waals surface area contributed by atoms with Gasteiger partial charge in [0.15, 0.2) is 9.84 Å². The molecule has 0 unspecified atom stereocenters. The van der Waals surface area contributed by atoms with Crippen LogP contribution in [0, 0.1) is 0 Å². The van der Waals surface area contributed by atoms with Crippen molar-refractivity contribution in [1.82, 2.24) is 0 Å². The van der Waals surface area contributed by atoms with Crippen molar-refractivity contribution in [1.29, 1.82) is 0 Å². The Kier molecular flexibility index (Phi) is 5.40. The molecule has 116 valence electrons. The van der Waals surface area contributed by atoms with Gasteiger partial charge in [0.25, 0.3) is 0 Å². The second-order valence-corrected chi connectivity index (χ2v) is 8.51. The highest BCUT2D eigenvalue weighted by molar-refractivity contribution is 9.10. The fourth-order valence-electron chi connectivity index (χ4n) is 2.25. The van der Waals surface area contributed by atoms with Gasteiger partial charge in [-0.25, -0.2) is 8.42 Å². The number of hydrogen-bond donors (Lipinski definition) is 1. The molecule has 0 aromatic heterocycles. The zero-order chi connectivity index (χ0) is 15.5. The highest BCUT2D eigenvalue weighted by Gasteiger charge is 2.36. The number of ether oxygens (including phenoxy) is 1. The number of rotatable bonds is 4. The Balaban J connectivity index is 2.07. The van der Waals surface area contributed by atoms with Crippen molar-refractivity contribution in [2.75, 3.05) is 18.5 Å². The standard InChI is InChI=1S/C14H18BrNO4S/c1-10(21(18,19)13-5-7-20-8-6-13)14(17)16-12-4-2-3-11(15)9-12/h2-4,9-10,13H,5-8H2,1H3,(H,16,17)/t10-/m0/s1. The van der Waals surface area contributed by atoms with Crippen LogP contribution in [0.2, 0.25) is 0 Å². The van der Waals surface area contributed by atoms with Crippen LogP contribution < -0.4 is 5.32 Å². The summed E-state index contributed by atoms with van der Waals surface area (Å²) in [6.07, 6.45) is 0.910. The second kappa shape index (κ2) is 6.89. The SMILES string of the molecule is C[C@@H](C(=O)Nc1cccc(Br)c1)S(=O)(=O)C1CCOCC1. The van der Waals surface area contributed by atoms with Gasteiger partial charge < -0.3 is 10.1 Å². The molecular weight excluding hydrogens is 358 g/mol. The molecule has 0 saturated carbocycles. The number of nitrogens with one attached hydrogen (secondary N) is 1. The molecule has 2 rings (SSSR count). The normalized spacial score (nSPS) is 18.2. The maximum atomic E-state index is 12.5. The highest BCUT2D eigenvalue weighted by atomic mass is 79.9. The number of hydrogen-bond acceptors (Lipinski definition) is 4. The average molecular weight is 376 g/mol. The topological polar surface area (TPSA) is 72.5 Å². The first-order valence-electron chi connectivity index (χ1n) is 6.78. The van der Waals surface area contributed by atoms with E-state index in [0.29, 0.717) is 31.7 Å². The Labute approximate surface area is 133 Å². The third kappa shape index (κ3) is 4.05. The molecule has 5 nitrogen and oxygen atoms in total. The predicted octanol–water partition coefficient (Wildman–Crippen LogP) is 2.37. The van der Waals surface area contributed by atoms with Gasteiger partial charge in [0.2, 0.25) is 5.91 Å². The Hall–Kier alpha value is -0.920. The zero-order valence-electron chi connectivity index (χ0n) is 11.7. The maximum Gasteiger partial charge on any atom is 0.242 e. The average Bonchev–Trinajstić information content (AvgIpc) is 2.47. The van der Waals surface area contributed by atoms with E-state index in [-0.39, 0.29) is 0 Å². The number of sulfone groups is 1. The van der Waals surface area contributed by atoms with E-state index in [4.69, 9.17) is 4.74 Å². The van der Waals surface area contributed by atoms with Crippen LogP contribution in [-0.4, -0.2) is 38.0 Å². The lowest BCUT2D eigenvalue weighted by Gasteiger charge is -2.25. The molecule has 1 aliphatic heterocycles. The molecule has 1 aromatic carbocycles. The Morgan fingerprint density at radius 3 is 2.67 bits per heavy atom. The van der Waals surface area contributed by atoms with Crippen molar-refractivity contribution < 1.29 is 17.9 Å². The molecule has 1 heterocycles. The number of amides is 1. The van der Waals surface area contributed by atoms with E-state index in [1.165, 1.54) is 6.92 Å². The molecule has 0 aliphatic carbocycles. The summed E-state index contributed by atoms with van der Waals surface area (Å²) in [6.45, 7) is 2.31. The fourth-order valence-corrected chi connectivity index (χ4v) is 4.44. The Morgan fingerprint density at radius 2 is 2.05 bits per heavy atom. The van der Waals surface area contributed by atoms with Gasteiger partial charge >= 0.3 is 0 Å². The number of anilines is 1. The van der Waals surface area contributed by atoms with E-state index in [9.17, 15) is 13.2 Å². The lowest BCUT2D eigenvalue weighted by atomic mass is 10.2. The minimum atomic E-state index is -3.50. The summed E-state index contributed by atoms with van der Waals surface area (Å²) >= 11 is 3.31. The molecule has 1 N–H and O–H groups in total. The summed E-state index contributed by atoms with van der Waals surface area (Å²) in [6, 6.07) is 7.05. The molecule has 0 bridgehead atoms. The van der Waals surface area contributed by atoms with Crippen molar-refractivity contribution in [2.45, 2.75) is 30.3 Å². The first-order chi connectivity index (χ1) is 9.91. The maximum absolute atomic E-state index is 12.5. The summed E-state index contributed by atoms with van der Waals surface area (Å²) in [5.74, 6) is -0.500. The third-order valence-corrected chi connectivity index (χ3v) is 6.68. The van der Waals surface area contributed by atoms with Gasteiger partial charge in [-0.1, -0.05) is 22.0 Å². The lowest BCUT2D eigenvalue weighted by Crippen LogP contribution is -2.41. The second-order valence-electron chi connectivity index (χ2n) is 5.04. The van der Waals surface area contributed by atoms with Crippen LogP contribution in [0.25, 0.3) is 0 Å². The Morgan fingerprint density at radius 1 is 1.38 bits per heavy atom. The molecule has 1 fully saturated rings. The van der Waals surface area contributed by atoms with Crippen LogP contribution in [0.15, 0.2) is 28.7 Å².